The van der Waals surface area contributed by atoms with Crippen molar-refractivity contribution in [2.24, 2.45) is 5.73 Å². The number of amides is 1. The van der Waals surface area contributed by atoms with Crippen LogP contribution in [0.5, 0.6) is 0 Å². The van der Waals surface area contributed by atoms with Crippen molar-refractivity contribution in [2.75, 3.05) is 11.9 Å². The van der Waals surface area contributed by atoms with Gasteiger partial charge in [0.05, 0.1) is 5.56 Å². The van der Waals surface area contributed by atoms with E-state index in [1.165, 1.54) is 6.07 Å². The quantitative estimate of drug-likeness (QED) is 0.853. The predicted octanol–water partition coefficient (Wildman–Crippen LogP) is 4.50. The van der Waals surface area contributed by atoms with E-state index in [1.807, 2.05) is 6.92 Å². The van der Waals surface area contributed by atoms with Gasteiger partial charge in [0.15, 0.2) is 0 Å². The predicted molar refractivity (Wildman–Crippen MR) is 83.4 cm³/mol. The van der Waals surface area contributed by atoms with Crippen molar-refractivity contribution < 1.29 is 22.7 Å². The van der Waals surface area contributed by atoms with Gasteiger partial charge in [0.25, 0.3) is 0 Å². The van der Waals surface area contributed by atoms with E-state index in [-0.39, 0.29) is 11.6 Å². The average Bonchev–Trinajstić information content (AvgIpc) is 2.35. The van der Waals surface area contributed by atoms with Gasteiger partial charge in [-0.15, -0.1) is 0 Å². The number of nitrogens with two attached hydrogens (primary N) is 1. The van der Waals surface area contributed by atoms with Gasteiger partial charge in [0.1, 0.15) is 5.60 Å². The van der Waals surface area contributed by atoms with E-state index in [0.29, 0.717) is 18.5 Å². The fraction of sp³-hybridized carbons (Fsp3) is 0.562. The van der Waals surface area contributed by atoms with Gasteiger partial charge in [-0.25, -0.2) is 4.79 Å². The number of benzene rings is 1. The van der Waals surface area contributed by atoms with E-state index in [1.54, 1.807) is 20.8 Å². The monoisotopic (exact) mass is 332 g/mol. The molecule has 0 aliphatic heterocycles. The van der Waals surface area contributed by atoms with Crippen molar-refractivity contribution >= 4 is 11.8 Å². The van der Waals surface area contributed by atoms with Crippen LogP contribution in [0.2, 0.25) is 0 Å². The molecule has 4 nitrogen and oxygen atoms in total. The minimum atomic E-state index is -4.49. The van der Waals surface area contributed by atoms with Gasteiger partial charge < -0.3 is 10.5 Å². The zero-order valence-corrected chi connectivity index (χ0v) is 13.8. The Morgan fingerprint density at radius 1 is 1.30 bits per heavy atom. The van der Waals surface area contributed by atoms with Crippen molar-refractivity contribution in [3.63, 3.8) is 0 Å². The number of hydrogen-bond acceptors (Lipinski definition) is 3. The zero-order valence-electron chi connectivity index (χ0n) is 13.8. The molecule has 23 heavy (non-hydrogen) atoms. The highest BCUT2D eigenvalue weighted by Gasteiger charge is 2.31. The number of alkyl halides is 3. The first-order valence-corrected chi connectivity index (χ1v) is 7.35. The van der Waals surface area contributed by atoms with E-state index in [0.717, 1.165) is 12.1 Å². The van der Waals surface area contributed by atoms with Gasteiger partial charge in [0.2, 0.25) is 0 Å². The van der Waals surface area contributed by atoms with Crippen molar-refractivity contribution in [2.45, 2.75) is 51.8 Å². The van der Waals surface area contributed by atoms with Gasteiger partial charge in [-0.3, -0.25) is 5.32 Å². The van der Waals surface area contributed by atoms with Gasteiger partial charge in [-0.05, 0) is 57.4 Å². The Balaban J connectivity index is 3.15. The maximum absolute atomic E-state index is 12.9. The molecule has 1 atom stereocenters. The average molecular weight is 332 g/mol. The zero-order chi connectivity index (χ0) is 17.8. The van der Waals surface area contributed by atoms with Crippen molar-refractivity contribution in [3.8, 4) is 0 Å². The topological polar surface area (TPSA) is 64.3 Å². The maximum atomic E-state index is 12.9. The van der Waals surface area contributed by atoms with Crippen molar-refractivity contribution in [3.05, 3.63) is 29.3 Å². The molecule has 0 bridgehead atoms. The van der Waals surface area contributed by atoms with Crippen LogP contribution in [0.1, 0.15) is 51.2 Å². The van der Waals surface area contributed by atoms with Crippen LogP contribution < -0.4 is 11.1 Å². The second-order valence-electron chi connectivity index (χ2n) is 6.41. The molecule has 1 rings (SSSR count). The number of nitrogens with one attached hydrogen (secondary N) is 1. The highest BCUT2D eigenvalue weighted by molar-refractivity contribution is 5.86. The fourth-order valence-electron chi connectivity index (χ4n) is 2.09. The third-order valence-electron chi connectivity index (χ3n) is 3.15. The number of rotatable bonds is 4. The summed E-state index contributed by atoms with van der Waals surface area (Å²) in [4.78, 5) is 11.9. The number of carbonyl (C=O) groups excluding carboxylic acids is 1. The molecule has 1 aromatic rings. The molecular weight excluding hydrogens is 309 g/mol. The summed E-state index contributed by atoms with van der Waals surface area (Å²) in [6.45, 7) is 7.27. The van der Waals surface area contributed by atoms with E-state index in [4.69, 9.17) is 10.5 Å². The number of halogens is 3. The van der Waals surface area contributed by atoms with Crippen LogP contribution in [-0.2, 0) is 10.9 Å². The Hall–Kier alpha value is -1.76. The lowest BCUT2D eigenvalue weighted by Gasteiger charge is -2.22. The molecule has 130 valence electrons. The molecule has 3 N–H and O–H groups in total. The van der Waals surface area contributed by atoms with Gasteiger partial charge in [-0.2, -0.15) is 13.2 Å². The molecule has 0 fully saturated rings. The van der Waals surface area contributed by atoms with E-state index < -0.39 is 23.4 Å². The van der Waals surface area contributed by atoms with Crippen molar-refractivity contribution in [1.29, 1.82) is 0 Å². The molecule has 0 saturated carbocycles. The summed E-state index contributed by atoms with van der Waals surface area (Å²) in [5.41, 5.74) is 4.63. The van der Waals surface area contributed by atoms with E-state index >= 15 is 0 Å². The molecule has 0 saturated heterocycles. The van der Waals surface area contributed by atoms with Crippen LogP contribution in [0.25, 0.3) is 0 Å². The van der Waals surface area contributed by atoms with Gasteiger partial charge >= 0.3 is 12.3 Å². The van der Waals surface area contributed by atoms with Crippen LogP contribution in [-0.4, -0.2) is 18.2 Å². The normalized spacial score (nSPS) is 13.6. The lowest BCUT2D eigenvalue weighted by molar-refractivity contribution is -0.137. The van der Waals surface area contributed by atoms with Gasteiger partial charge in [0, 0.05) is 5.69 Å². The first-order valence-electron chi connectivity index (χ1n) is 7.35. The molecule has 0 aliphatic rings. The largest absolute Gasteiger partial charge is 0.444 e. The first-order chi connectivity index (χ1) is 10.4. The molecule has 1 aromatic carbocycles. The molecular formula is C16H23F3N2O2. The summed E-state index contributed by atoms with van der Waals surface area (Å²) in [6, 6.07) is 3.30. The van der Waals surface area contributed by atoms with Crippen LogP contribution in [0, 0.1) is 0 Å². The van der Waals surface area contributed by atoms with Crippen LogP contribution in [0.15, 0.2) is 18.2 Å². The summed E-state index contributed by atoms with van der Waals surface area (Å²) in [7, 11) is 0. The summed E-state index contributed by atoms with van der Waals surface area (Å²) in [5.74, 6) is -0.0905. The fourth-order valence-corrected chi connectivity index (χ4v) is 2.09. The van der Waals surface area contributed by atoms with Crippen molar-refractivity contribution in [1.82, 2.24) is 0 Å². The Morgan fingerprint density at radius 3 is 2.39 bits per heavy atom. The molecule has 1 unspecified atom stereocenters. The molecule has 0 aromatic heterocycles. The lowest BCUT2D eigenvalue weighted by Crippen LogP contribution is -2.27. The molecule has 0 aliphatic carbocycles. The molecule has 7 heteroatoms. The Bertz CT molecular complexity index is 551. The second kappa shape index (κ2) is 7.21. The third-order valence-corrected chi connectivity index (χ3v) is 3.15. The molecule has 1 amide bonds. The minimum absolute atomic E-state index is 0.0905. The van der Waals surface area contributed by atoms with Crippen LogP contribution >= 0.6 is 0 Å². The Labute approximate surface area is 134 Å². The number of anilines is 1. The summed E-state index contributed by atoms with van der Waals surface area (Å²) >= 11 is 0. The Kier molecular flexibility index (Phi) is 6.04. The summed E-state index contributed by atoms with van der Waals surface area (Å²) in [6.07, 6.45) is -4.69. The van der Waals surface area contributed by atoms with E-state index in [2.05, 4.69) is 5.32 Å². The second-order valence-corrected chi connectivity index (χ2v) is 6.41. The van der Waals surface area contributed by atoms with Crippen LogP contribution in [0.4, 0.5) is 23.7 Å². The van der Waals surface area contributed by atoms with Crippen LogP contribution in [0.3, 0.4) is 0 Å². The third kappa shape index (κ3) is 6.09. The first kappa shape index (κ1) is 19.3. The Morgan fingerprint density at radius 2 is 1.91 bits per heavy atom. The van der Waals surface area contributed by atoms with E-state index in [9.17, 15) is 18.0 Å². The smallest absolute Gasteiger partial charge is 0.416 e. The number of ether oxygens (including phenoxy) is 1. The van der Waals surface area contributed by atoms with Gasteiger partial charge in [-0.1, -0.05) is 13.0 Å². The summed E-state index contributed by atoms with van der Waals surface area (Å²) < 4.78 is 43.8. The standard InChI is InChI=1S/C16H23F3N2O2/c1-10(7-8-20)12-6-5-11(16(17,18)19)9-13(12)21-14(22)23-15(2,3)4/h5-6,9-10H,7-8,20H2,1-4H3,(H,21,22). The lowest BCUT2D eigenvalue weighted by atomic mass is 9.94. The minimum Gasteiger partial charge on any atom is -0.444 e. The maximum Gasteiger partial charge on any atom is 0.416 e. The molecule has 0 heterocycles. The number of hydrogen-bond donors (Lipinski definition) is 2. The molecule has 0 spiro atoms. The molecule has 0 radical (unpaired) electrons. The highest BCUT2D eigenvalue weighted by atomic mass is 19.4. The highest BCUT2D eigenvalue weighted by Crippen LogP contribution is 2.35. The SMILES string of the molecule is CC(CCN)c1ccc(C(F)(F)F)cc1NC(=O)OC(C)(C)C. The summed E-state index contributed by atoms with van der Waals surface area (Å²) in [5, 5.41) is 2.42. The number of carbonyl (C=O) groups is 1.